The van der Waals surface area contributed by atoms with Crippen LogP contribution in [0.4, 0.5) is 4.79 Å². The normalized spacial score (nSPS) is 21.2. The zero-order valence-corrected chi connectivity index (χ0v) is 20.4. The number of amides is 4. The number of thiophene rings is 1. The number of nitrogens with zero attached hydrogens (tertiary/aromatic N) is 4. The maximum atomic E-state index is 13.5. The highest BCUT2D eigenvalue weighted by atomic mass is 32.1. The molecule has 34 heavy (non-hydrogen) atoms. The average molecular weight is 496 g/mol. The van der Waals surface area contributed by atoms with E-state index in [-0.39, 0.29) is 30.3 Å². The monoisotopic (exact) mass is 495 g/mol. The van der Waals surface area contributed by atoms with Gasteiger partial charge in [0.05, 0.1) is 17.1 Å². The molecular weight excluding hydrogens is 470 g/mol. The van der Waals surface area contributed by atoms with E-state index in [4.69, 9.17) is 0 Å². The van der Waals surface area contributed by atoms with E-state index in [2.05, 4.69) is 15.3 Å². The fourth-order valence-corrected chi connectivity index (χ4v) is 6.48. The lowest BCUT2D eigenvalue weighted by Gasteiger charge is -2.40. The second-order valence-electron chi connectivity index (χ2n) is 8.55. The van der Waals surface area contributed by atoms with E-state index in [1.54, 1.807) is 34.6 Å². The average Bonchev–Trinajstić information content (AvgIpc) is 3.62. The summed E-state index contributed by atoms with van der Waals surface area (Å²) in [6.45, 7) is 3.14. The summed E-state index contributed by atoms with van der Waals surface area (Å²) < 4.78 is 0. The van der Waals surface area contributed by atoms with Crippen LogP contribution in [0.5, 0.6) is 0 Å². The van der Waals surface area contributed by atoms with Gasteiger partial charge in [0.2, 0.25) is 0 Å². The first-order valence-corrected chi connectivity index (χ1v) is 13.1. The van der Waals surface area contributed by atoms with Crippen LogP contribution in [-0.4, -0.2) is 56.2 Å². The number of rotatable bonds is 6. The molecule has 2 aliphatic rings. The standard InChI is InChI=1S/C24H25N5O3S2/c1-2-24(22(31)29(23(32)27-24)14-17-6-3-4-10-25-17)16-8-11-28(12-9-16)21(30)18-15-34-20(26-18)19-7-5-13-33-19/h3-7,10,13,15-16H,2,8-9,11-12,14H2,1H3,(H,27,32)/t24-/m1/s1. The summed E-state index contributed by atoms with van der Waals surface area (Å²) in [6, 6.07) is 9.04. The zero-order valence-electron chi connectivity index (χ0n) is 18.8. The Morgan fingerprint density at radius 2 is 2.00 bits per heavy atom. The predicted octanol–water partition coefficient (Wildman–Crippen LogP) is 4.02. The molecule has 0 aliphatic carbocycles. The minimum absolute atomic E-state index is 0.0381. The molecular formula is C24H25N5O3S2. The van der Waals surface area contributed by atoms with Gasteiger partial charge >= 0.3 is 6.03 Å². The van der Waals surface area contributed by atoms with Crippen molar-refractivity contribution in [3.05, 3.63) is 58.7 Å². The van der Waals surface area contributed by atoms with Crippen molar-refractivity contribution < 1.29 is 14.4 Å². The van der Waals surface area contributed by atoms with Gasteiger partial charge in [0, 0.05) is 24.7 Å². The van der Waals surface area contributed by atoms with Crippen LogP contribution in [0.3, 0.4) is 0 Å². The molecule has 0 spiro atoms. The summed E-state index contributed by atoms with van der Waals surface area (Å²) in [4.78, 5) is 52.2. The molecule has 1 N–H and O–H groups in total. The van der Waals surface area contributed by atoms with E-state index in [1.165, 1.54) is 16.2 Å². The highest BCUT2D eigenvalue weighted by Gasteiger charge is 2.55. The maximum Gasteiger partial charge on any atom is 0.325 e. The fraction of sp³-hybridized carbons (Fsp3) is 0.375. The van der Waals surface area contributed by atoms with Crippen molar-refractivity contribution in [2.45, 2.75) is 38.3 Å². The number of hydrogen-bond donors (Lipinski definition) is 1. The van der Waals surface area contributed by atoms with E-state index in [0.29, 0.717) is 43.7 Å². The van der Waals surface area contributed by atoms with Crippen LogP contribution in [0.25, 0.3) is 9.88 Å². The molecule has 3 aromatic heterocycles. The molecule has 2 aliphatic heterocycles. The number of nitrogens with one attached hydrogen (secondary N) is 1. The molecule has 2 saturated heterocycles. The molecule has 0 radical (unpaired) electrons. The number of thiazole rings is 1. The number of piperidine rings is 1. The molecule has 0 unspecified atom stereocenters. The molecule has 5 rings (SSSR count). The number of imide groups is 1. The van der Waals surface area contributed by atoms with E-state index < -0.39 is 5.54 Å². The van der Waals surface area contributed by atoms with Gasteiger partial charge in [-0.25, -0.2) is 9.78 Å². The van der Waals surface area contributed by atoms with Gasteiger partial charge in [-0.2, -0.15) is 0 Å². The number of urea groups is 1. The van der Waals surface area contributed by atoms with Gasteiger partial charge in [0.15, 0.2) is 0 Å². The highest BCUT2D eigenvalue weighted by molar-refractivity contribution is 7.20. The van der Waals surface area contributed by atoms with Crippen molar-refractivity contribution in [3.63, 3.8) is 0 Å². The number of hydrogen-bond acceptors (Lipinski definition) is 7. The molecule has 4 amide bonds. The third kappa shape index (κ3) is 4.01. The first-order chi connectivity index (χ1) is 16.5. The van der Waals surface area contributed by atoms with Crippen molar-refractivity contribution in [1.29, 1.82) is 0 Å². The minimum Gasteiger partial charge on any atom is -0.337 e. The predicted molar refractivity (Wildman–Crippen MR) is 130 cm³/mol. The third-order valence-electron chi connectivity index (χ3n) is 6.74. The molecule has 0 aromatic carbocycles. The van der Waals surface area contributed by atoms with Crippen LogP contribution in [0.15, 0.2) is 47.3 Å². The molecule has 0 bridgehead atoms. The molecule has 1 atom stereocenters. The summed E-state index contributed by atoms with van der Waals surface area (Å²) >= 11 is 3.08. The lowest BCUT2D eigenvalue weighted by atomic mass is 9.75. The quantitative estimate of drug-likeness (QED) is 0.521. The Kier molecular flexibility index (Phi) is 6.18. The largest absolute Gasteiger partial charge is 0.337 e. The van der Waals surface area contributed by atoms with Gasteiger partial charge in [0.1, 0.15) is 16.2 Å². The number of likely N-dealkylation sites (tertiary alicyclic amines) is 1. The fourth-order valence-electron chi connectivity index (χ4n) is 4.87. The third-order valence-corrected chi connectivity index (χ3v) is 8.62. The zero-order chi connectivity index (χ0) is 23.7. The summed E-state index contributed by atoms with van der Waals surface area (Å²) in [5, 5.41) is 7.66. The summed E-state index contributed by atoms with van der Waals surface area (Å²) in [7, 11) is 0. The first-order valence-electron chi connectivity index (χ1n) is 11.3. The Balaban J connectivity index is 1.25. The molecule has 3 aromatic rings. The van der Waals surface area contributed by atoms with Crippen LogP contribution in [0, 0.1) is 5.92 Å². The van der Waals surface area contributed by atoms with Gasteiger partial charge in [-0.15, -0.1) is 22.7 Å². The lowest BCUT2D eigenvalue weighted by molar-refractivity contribution is -0.134. The van der Waals surface area contributed by atoms with Crippen molar-refractivity contribution in [2.75, 3.05) is 13.1 Å². The number of carbonyl (C=O) groups excluding carboxylic acids is 3. The number of aromatic nitrogens is 2. The number of pyridine rings is 1. The Morgan fingerprint density at radius 1 is 1.18 bits per heavy atom. The van der Waals surface area contributed by atoms with Crippen molar-refractivity contribution in [2.24, 2.45) is 5.92 Å². The van der Waals surface area contributed by atoms with Gasteiger partial charge in [-0.1, -0.05) is 19.1 Å². The first kappa shape index (κ1) is 22.7. The SMILES string of the molecule is CC[C@]1(C2CCN(C(=O)c3csc(-c4cccs4)n3)CC2)NC(=O)N(Cc2ccccn2)C1=O. The van der Waals surface area contributed by atoms with Crippen LogP contribution in [0.1, 0.15) is 42.4 Å². The Hall–Kier alpha value is -3.11. The van der Waals surface area contributed by atoms with Gasteiger partial charge in [-0.3, -0.25) is 19.5 Å². The van der Waals surface area contributed by atoms with Crippen LogP contribution in [0.2, 0.25) is 0 Å². The lowest BCUT2D eigenvalue weighted by Crippen LogP contribution is -2.56. The minimum atomic E-state index is -0.937. The van der Waals surface area contributed by atoms with Crippen molar-refractivity contribution >= 4 is 40.5 Å². The Bertz CT molecular complexity index is 1190. The van der Waals surface area contributed by atoms with Crippen LogP contribution in [-0.2, 0) is 11.3 Å². The van der Waals surface area contributed by atoms with Crippen molar-refractivity contribution in [3.8, 4) is 9.88 Å². The van der Waals surface area contributed by atoms with E-state index in [9.17, 15) is 14.4 Å². The van der Waals surface area contributed by atoms with E-state index in [0.717, 1.165) is 9.88 Å². The summed E-state index contributed by atoms with van der Waals surface area (Å²) in [5.41, 5.74) is 0.195. The molecule has 0 saturated carbocycles. The van der Waals surface area contributed by atoms with E-state index >= 15 is 0 Å². The van der Waals surface area contributed by atoms with Gasteiger partial charge < -0.3 is 10.2 Å². The van der Waals surface area contributed by atoms with E-state index in [1.807, 2.05) is 35.9 Å². The maximum absolute atomic E-state index is 13.5. The number of carbonyl (C=O) groups is 3. The van der Waals surface area contributed by atoms with Gasteiger partial charge in [-0.05, 0) is 48.8 Å². The Morgan fingerprint density at radius 3 is 2.68 bits per heavy atom. The molecule has 176 valence electrons. The summed E-state index contributed by atoms with van der Waals surface area (Å²) in [5.74, 6) is -0.319. The van der Waals surface area contributed by atoms with Crippen molar-refractivity contribution in [1.82, 2.24) is 25.1 Å². The molecule has 10 heteroatoms. The van der Waals surface area contributed by atoms with Crippen LogP contribution < -0.4 is 5.32 Å². The second kappa shape index (κ2) is 9.27. The smallest absolute Gasteiger partial charge is 0.325 e. The highest BCUT2D eigenvalue weighted by Crippen LogP contribution is 2.37. The van der Waals surface area contributed by atoms with Crippen LogP contribution >= 0.6 is 22.7 Å². The molecule has 2 fully saturated rings. The topological polar surface area (TPSA) is 95.5 Å². The Labute approximate surface area is 205 Å². The molecule has 5 heterocycles. The molecule has 8 nitrogen and oxygen atoms in total. The summed E-state index contributed by atoms with van der Waals surface area (Å²) in [6.07, 6.45) is 3.44. The van der Waals surface area contributed by atoms with Gasteiger partial charge in [0.25, 0.3) is 11.8 Å². The second-order valence-corrected chi connectivity index (χ2v) is 10.4.